The molecule has 2 aromatic rings. The Balaban J connectivity index is 2.07. The molecule has 0 amide bonds. The van der Waals surface area contributed by atoms with Gasteiger partial charge in [-0.3, -0.25) is 5.10 Å². The number of sulfonamides is 1. The first-order valence-corrected chi connectivity index (χ1v) is 8.17. The number of aromatic amines is 1. The first-order chi connectivity index (χ1) is 9.04. The molecular weight excluding hydrogens is 284 g/mol. The highest BCUT2D eigenvalue weighted by Gasteiger charge is 2.23. The summed E-state index contributed by atoms with van der Waals surface area (Å²) in [4.78, 5) is 1.31. The van der Waals surface area contributed by atoms with E-state index in [-0.39, 0.29) is 11.4 Å². The van der Waals surface area contributed by atoms with Crippen LogP contribution in [0.5, 0.6) is 0 Å². The van der Waals surface area contributed by atoms with Crippen LogP contribution in [-0.4, -0.2) is 25.2 Å². The van der Waals surface area contributed by atoms with E-state index in [0.29, 0.717) is 24.4 Å². The fourth-order valence-corrected chi connectivity index (χ4v) is 3.91. The number of rotatable bonds is 6. The summed E-state index contributed by atoms with van der Waals surface area (Å²) < 4.78 is 27.0. The minimum atomic E-state index is -3.56. The average molecular weight is 300 g/mol. The maximum absolute atomic E-state index is 12.2. The van der Waals surface area contributed by atoms with E-state index in [2.05, 4.69) is 14.9 Å². The Labute approximate surface area is 116 Å². The largest absolute Gasteiger partial charge is 0.325 e. The SMILES string of the molecule is Cc1[nH]nc(CN)c1S(=O)(=O)NCCc1cccs1. The van der Waals surface area contributed by atoms with Crippen molar-refractivity contribution in [2.24, 2.45) is 5.73 Å². The lowest BCUT2D eigenvalue weighted by molar-refractivity contribution is 0.580. The van der Waals surface area contributed by atoms with Gasteiger partial charge in [0.2, 0.25) is 10.0 Å². The summed E-state index contributed by atoms with van der Waals surface area (Å²) in [5.74, 6) is 0. The lowest BCUT2D eigenvalue weighted by Crippen LogP contribution is -2.27. The molecule has 0 aliphatic rings. The van der Waals surface area contributed by atoms with Crippen LogP contribution in [-0.2, 0) is 23.0 Å². The average Bonchev–Trinajstić information content (AvgIpc) is 2.98. The van der Waals surface area contributed by atoms with Gasteiger partial charge in [0.1, 0.15) is 4.90 Å². The molecule has 0 aromatic carbocycles. The summed E-state index contributed by atoms with van der Waals surface area (Å²) in [5, 5.41) is 8.51. The standard InChI is InChI=1S/C11H16N4O2S2/c1-8-11(10(7-12)15-14-8)19(16,17)13-5-4-9-3-2-6-18-9/h2-3,6,13H,4-5,7,12H2,1H3,(H,14,15). The van der Waals surface area contributed by atoms with Gasteiger partial charge in [0.15, 0.2) is 0 Å². The molecule has 0 aliphatic carbocycles. The van der Waals surface area contributed by atoms with E-state index in [4.69, 9.17) is 5.73 Å². The molecule has 19 heavy (non-hydrogen) atoms. The Morgan fingerprint density at radius 2 is 2.32 bits per heavy atom. The zero-order valence-electron chi connectivity index (χ0n) is 10.5. The van der Waals surface area contributed by atoms with Gasteiger partial charge in [-0.1, -0.05) is 6.07 Å². The van der Waals surface area contributed by atoms with Gasteiger partial charge in [-0.25, -0.2) is 13.1 Å². The minimum absolute atomic E-state index is 0.0888. The Morgan fingerprint density at radius 1 is 1.53 bits per heavy atom. The summed E-state index contributed by atoms with van der Waals surface area (Å²) in [6.07, 6.45) is 0.672. The number of aryl methyl sites for hydroxylation is 1. The third kappa shape index (κ3) is 3.21. The van der Waals surface area contributed by atoms with Crippen molar-refractivity contribution >= 4 is 21.4 Å². The molecule has 2 rings (SSSR count). The van der Waals surface area contributed by atoms with Crippen LogP contribution in [0.25, 0.3) is 0 Å². The van der Waals surface area contributed by atoms with E-state index in [1.807, 2.05) is 17.5 Å². The normalized spacial score (nSPS) is 11.9. The monoisotopic (exact) mass is 300 g/mol. The van der Waals surface area contributed by atoms with Crippen molar-refractivity contribution in [2.45, 2.75) is 24.8 Å². The van der Waals surface area contributed by atoms with Gasteiger partial charge in [0.25, 0.3) is 0 Å². The van der Waals surface area contributed by atoms with E-state index in [1.165, 1.54) is 0 Å². The number of nitrogens with one attached hydrogen (secondary N) is 2. The summed E-state index contributed by atoms with van der Waals surface area (Å²) in [7, 11) is -3.56. The molecule has 0 atom stereocenters. The number of hydrogen-bond donors (Lipinski definition) is 3. The number of nitrogens with zero attached hydrogens (tertiary/aromatic N) is 1. The van der Waals surface area contributed by atoms with Crippen molar-refractivity contribution in [3.8, 4) is 0 Å². The minimum Gasteiger partial charge on any atom is -0.325 e. The molecule has 8 heteroatoms. The Bertz CT molecular complexity index is 632. The van der Waals surface area contributed by atoms with Crippen LogP contribution in [0, 0.1) is 6.92 Å². The predicted octanol–water partition coefficient (Wildman–Crippen LogP) is 0.759. The highest BCUT2D eigenvalue weighted by atomic mass is 32.2. The molecule has 0 saturated carbocycles. The molecule has 0 unspecified atom stereocenters. The van der Waals surface area contributed by atoms with Gasteiger partial charge in [0.05, 0.1) is 11.4 Å². The predicted molar refractivity (Wildman–Crippen MR) is 74.4 cm³/mol. The Kier molecular flexibility index (Phi) is 4.35. The third-order valence-corrected chi connectivity index (χ3v) is 5.27. The molecule has 0 aliphatic heterocycles. The van der Waals surface area contributed by atoms with Crippen molar-refractivity contribution < 1.29 is 8.42 Å². The van der Waals surface area contributed by atoms with Crippen molar-refractivity contribution in [3.63, 3.8) is 0 Å². The number of aromatic nitrogens is 2. The molecule has 0 saturated heterocycles. The molecule has 0 bridgehead atoms. The van der Waals surface area contributed by atoms with Crippen LogP contribution in [0.4, 0.5) is 0 Å². The highest BCUT2D eigenvalue weighted by molar-refractivity contribution is 7.89. The molecule has 0 radical (unpaired) electrons. The summed E-state index contributed by atoms with van der Waals surface area (Å²) in [6.45, 7) is 2.11. The smallest absolute Gasteiger partial charge is 0.244 e. The third-order valence-electron chi connectivity index (χ3n) is 2.67. The van der Waals surface area contributed by atoms with Gasteiger partial charge in [-0.2, -0.15) is 5.10 Å². The van der Waals surface area contributed by atoms with E-state index in [1.54, 1.807) is 18.3 Å². The molecule has 104 valence electrons. The molecule has 6 nitrogen and oxygen atoms in total. The van der Waals surface area contributed by atoms with E-state index in [0.717, 1.165) is 4.88 Å². The van der Waals surface area contributed by atoms with Crippen LogP contribution in [0.15, 0.2) is 22.4 Å². The molecule has 2 aromatic heterocycles. The van der Waals surface area contributed by atoms with E-state index < -0.39 is 10.0 Å². The second-order valence-electron chi connectivity index (χ2n) is 4.06. The molecule has 0 fully saturated rings. The Hall–Kier alpha value is -1.22. The fourth-order valence-electron chi connectivity index (χ4n) is 1.80. The summed E-state index contributed by atoms with van der Waals surface area (Å²) >= 11 is 1.61. The Morgan fingerprint density at radius 3 is 2.95 bits per heavy atom. The van der Waals surface area contributed by atoms with Crippen molar-refractivity contribution in [1.82, 2.24) is 14.9 Å². The van der Waals surface area contributed by atoms with Crippen molar-refractivity contribution in [2.75, 3.05) is 6.54 Å². The van der Waals surface area contributed by atoms with Gasteiger partial charge < -0.3 is 5.73 Å². The van der Waals surface area contributed by atoms with Crippen LogP contribution in [0.3, 0.4) is 0 Å². The van der Waals surface area contributed by atoms with Crippen molar-refractivity contribution in [3.05, 3.63) is 33.8 Å². The molecule has 0 spiro atoms. The van der Waals surface area contributed by atoms with Gasteiger partial charge in [0, 0.05) is 18.0 Å². The lowest BCUT2D eigenvalue weighted by atomic mass is 10.3. The second kappa shape index (κ2) is 5.83. The maximum atomic E-state index is 12.2. The van der Waals surface area contributed by atoms with Gasteiger partial charge >= 0.3 is 0 Å². The van der Waals surface area contributed by atoms with E-state index >= 15 is 0 Å². The molecule has 4 N–H and O–H groups in total. The topological polar surface area (TPSA) is 101 Å². The number of nitrogens with two attached hydrogens (primary N) is 1. The second-order valence-corrected chi connectivity index (χ2v) is 6.79. The summed E-state index contributed by atoms with van der Waals surface area (Å²) in [5.41, 5.74) is 6.36. The highest BCUT2D eigenvalue weighted by Crippen LogP contribution is 2.17. The molecular formula is C11H16N4O2S2. The fraction of sp³-hybridized carbons (Fsp3) is 0.364. The maximum Gasteiger partial charge on any atom is 0.244 e. The number of hydrogen-bond acceptors (Lipinski definition) is 5. The first kappa shape index (κ1) is 14.2. The van der Waals surface area contributed by atoms with Crippen LogP contribution in [0.1, 0.15) is 16.3 Å². The van der Waals surface area contributed by atoms with Crippen LogP contribution in [0.2, 0.25) is 0 Å². The zero-order chi connectivity index (χ0) is 13.9. The quantitative estimate of drug-likeness (QED) is 0.733. The number of H-pyrrole nitrogens is 1. The lowest BCUT2D eigenvalue weighted by Gasteiger charge is -2.06. The summed E-state index contributed by atoms with van der Waals surface area (Å²) in [6, 6.07) is 3.93. The van der Waals surface area contributed by atoms with Crippen LogP contribution < -0.4 is 10.5 Å². The zero-order valence-corrected chi connectivity index (χ0v) is 12.1. The van der Waals surface area contributed by atoms with Gasteiger partial charge in [-0.15, -0.1) is 11.3 Å². The van der Waals surface area contributed by atoms with E-state index in [9.17, 15) is 8.42 Å². The van der Waals surface area contributed by atoms with Crippen LogP contribution >= 0.6 is 11.3 Å². The molecule has 2 heterocycles. The first-order valence-electron chi connectivity index (χ1n) is 5.80. The van der Waals surface area contributed by atoms with Gasteiger partial charge in [-0.05, 0) is 24.8 Å². The van der Waals surface area contributed by atoms with Crippen molar-refractivity contribution in [1.29, 1.82) is 0 Å². The number of thiophene rings is 1.